The van der Waals surface area contributed by atoms with Gasteiger partial charge in [0.2, 0.25) is 5.91 Å². The second kappa shape index (κ2) is 13.4. The molecule has 0 aliphatic carbocycles. The van der Waals surface area contributed by atoms with Gasteiger partial charge in [0.1, 0.15) is 11.8 Å². The minimum absolute atomic E-state index is 0.190. The first-order chi connectivity index (χ1) is 17.9. The largest absolute Gasteiger partial charge is 0.483 e. The highest BCUT2D eigenvalue weighted by Crippen LogP contribution is 2.29. The summed E-state index contributed by atoms with van der Waals surface area (Å²) in [6.07, 6.45) is 0.387. The Balaban J connectivity index is 1.92. The minimum Gasteiger partial charge on any atom is -0.483 e. The summed E-state index contributed by atoms with van der Waals surface area (Å²) in [5.41, 5.74) is 2.63. The quantitative estimate of drug-likeness (QED) is 0.253. The van der Waals surface area contributed by atoms with Crippen LogP contribution >= 0.6 is 31.9 Å². The van der Waals surface area contributed by atoms with Gasteiger partial charge in [0.05, 0.1) is 4.47 Å². The number of hydrogen-bond donors (Lipinski definition) is 1. The van der Waals surface area contributed by atoms with Crippen molar-refractivity contribution in [1.82, 2.24) is 10.2 Å². The van der Waals surface area contributed by atoms with Gasteiger partial charge in [0.15, 0.2) is 6.61 Å². The molecule has 0 radical (unpaired) electrons. The van der Waals surface area contributed by atoms with Crippen LogP contribution in [0.15, 0.2) is 81.7 Å². The summed E-state index contributed by atoms with van der Waals surface area (Å²) in [6.45, 7) is 10.2. The number of halogens is 2. The molecule has 0 aliphatic rings. The van der Waals surface area contributed by atoms with E-state index >= 15 is 0 Å². The van der Waals surface area contributed by atoms with Crippen LogP contribution in [0.5, 0.6) is 5.75 Å². The van der Waals surface area contributed by atoms with Gasteiger partial charge in [-0.2, -0.15) is 0 Å². The predicted molar refractivity (Wildman–Crippen MR) is 160 cm³/mol. The Hall–Kier alpha value is -2.64. The second-order valence-electron chi connectivity index (χ2n) is 10.7. The van der Waals surface area contributed by atoms with E-state index in [1.165, 1.54) is 5.56 Å². The lowest BCUT2D eigenvalue weighted by atomic mass is 10.0. The van der Waals surface area contributed by atoms with E-state index in [1.54, 1.807) is 4.90 Å². The maximum absolute atomic E-state index is 13.8. The molecule has 38 heavy (non-hydrogen) atoms. The summed E-state index contributed by atoms with van der Waals surface area (Å²) >= 11 is 7.05. The molecule has 0 spiro atoms. The van der Waals surface area contributed by atoms with Crippen molar-refractivity contribution in [3.05, 3.63) is 98.4 Å². The van der Waals surface area contributed by atoms with Gasteiger partial charge in [-0.15, -0.1) is 0 Å². The van der Waals surface area contributed by atoms with Crippen LogP contribution in [0.25, 0.3) is 0 Å². The third kappa shape index (κ3) is 8.98. The van der Waals surface area contributed by atoms with E-state index < -0.39 is 11.6 Å². The van der Waals surface area contributed by atoms with Crippen LogP contribution in [-0.2, 0) is 22.6 Å². The van der Waals surface area contributed by atoms with Crippen molar-refractivity contribution in [2.45, 2.75) is 65.1 Å². The van der Waals surface area contributed by atoms with E-state index in [1.807, 2.05) is 93.6 Å². The third-order valence-electron chi connectivity index (χ3n) is 6.01. The highest BCUT2D eigenvalue weighted by molar-refractivity contribution is 9.10. The first-order valence-electron chi connectivity index (χ1n) is 12.7. The lowest BCUT2D eigenvalue weighted by molar-refractivity contribution is -0.143. The smallest absolute Gasteiger partial charge is 0.261 e. The number of amides is 2. The molecular formula is C31H36Br2N2O3. The predicted octanol–water partition coefficient (Wildman–Crippen LogP) is 7.27. The van der Waals surface area contributed by atoms with E-state index in [0.717, 1.165) is 20.1 Å². The van der Waals surface area contributed by atoms with E-state index in [2.05, 4.69) is 51.0 Å². The fraction of sp³-hybridized carbons (Fsp3) is 0.355. The molecule has 0 saturated carbocycles. The topological polar surface area (TPSA) is 58.6 Å². The average molecular weight is 644 g/mol. The Morgan fingerprint density at radius 3 is 2.16 bits per heavy atom. The maximum atomic E-state index is 13.8. The molecule has 5 nitrogen and oxygen atoms in total. The summed E-state index contributed by atoms with van der Waals surface area (Å²) in [6, 6.07) is 22.7. The highest BCUT2D eigenvalue weighted by Gasteiger charge is 2.32. The number of nitrogens with zero attached hydrogens (tertiary/aromatic N) is 1. The van der Waals surface area contributed by atoms with E-state index in [-0.39, 0.29) is 25.0 Å². The van der Waals surface area contributed by atoms with Crippen LogP contribution in [0.1, 0.15) is 57.2 Å². The third-order valence-corrected chi connectivity index (χ3v) is 7.16. The van der Waals surface area contributed by atoms with Crippen LogP contribution in [0.2, 0.25) is 0 Å². The lowest BCUT2D eigenvalue weighted by Gasteiger charge is -2.33. The van der Waals surface area contributed by atoms with Crippen molar-refractivity contribution < 1.29 is 14.3 Å². The zero-order valence-electron chi connectivity index (χ0n) is 22.6. The molecule has 0 fully saturated rings. The number of carbonyl (C=O) groups is 2. The van der Waals surface area contributed by atoms with Gasteiger partial charge in [-0.05, 0) is 83.6 Å². The molecule has 0 heterocycles. The molecule has 0 aliphatic heterocycles. The van der Waals surface area contributed by atoms with Crippen LogP contribution in [-0.4, -0.2) is 34.9 Å². The molecule has 1 N–H and O–H groups in total. The molecule has 7 heteroatoms. The van der Waals surface area contributed by atoms with Gasteiger partial charge in [0.25, 0.3) is 5.91 Å². The monoisotopic (exact) mass is 642 g/mol. The summed E-state index contributed by atoms with van der Waals surface area (Å²) in [5, 5.41) is 3.08. The van der Waals surface area contributed by atoms with Crippen molar-refractivity contribution in [3.8, 4) is 5.75 Å². The number of benzene rings is 3. The van der Waals surface area contributed by atoms with Gasteiger partial charge in [-0.1, -0.05) is 78.3 Å². The minimum atomic E-state index is -0.719. The Bertz CT molecular complexity index is 1220. The zero-order valence-corrected chi connectivity index (χ0v) is 25.8. The highest BCUT2D eigenvalue weighted by atomic mass is 79.9. The average Bonchev–Trinajstić information content (AvgIpc) is 2.85. The Morgan fingerprint density at radius 1 is 0.921 bits per heavy atom. The van der Waals surface area contributed by atoms with Crippen molar-refractivity contribution >= 4 is 43.7 Å². The molecule has 202 valence electrons. The molecule has 0 unspecified atom stereocenters. The van der Waals surface area contributed by atoms with Crippen LogP contribution in [0.3, 0.4) is 0 Å². The molecule has 1 atom stereocenters. The zero-order chi connectivity index (χ0) is 27.9. The Morgan fingerprint density at radius 2 is 1.58 bits per heavy atom. The second-order valence-corrected chi connectivity index (χ2v) is 12.5. The molecule has 3 rings (SSSR count). The van der Waals surface area contributed by atoms with E-state index in [0.29, 0.717) is 18.1 Å². The van der Waals surface area contributed by atoms with Gasteiger partial charge in [-0.3, -0.25) is 9.59 Å². The molecule has 0 saturated heterocycles. The summed E-state index contributed by atoms with van der Waals surface area (Å²) < 4.78 is 7.72. The van der Waals surface area contributed by atoms with E-state index in [9.17, 15) is 9.59 Å². The molecule has 3 aromatic carbocycles. The molecule has 0 aromatic heterocycles. The standard InChI is InChI=1S/C31H36Br2N2O3/c1-21(2)24-13-16-28(26(33)18-24)38-20-29(36)35(19-23-11-14-25(32)15-12-23)27(30(37)34-31(3,4)5)17-22-9-7-6-8-10-22/h6-16,18,21,27H,17,19-20H2,1-5H3,(H,34,37)/t27-/m0/s1. The summed E-state index contributed by atoms with van der Waals surface area (Å²) in [4.78, 5) is 29.0. The Labute approximate surface area is 243 Å². The normalized spacial score (nSPS) is 12.2. The van der Waals surface area contributed by atoms with Crippen molar-refractivity contribution in [1.29, 1.82) is 0 Å². The summed E-state index contributed by atoms with van der Waals surface area (Å²) in [7, 11) is 0. The fourth-order valence-corrected chi connectivity index (χ4v) is 4.78. The molecule has 2 amide bonds. The number of ether oxygens (including phenoxy) is 1. The first-order valence-corrected chi connectivity index (χ1v) is 14.3. The molecule has 0 bridgehead atoms. The van der Waals surface area contributed by atoms with Crippen LogP contribution < -0.4 is 10.1 Å². The van der Waals surface area contributed by atoms with Gasteiger partial charge < -0.3 is 15.0 Å². The number of hydrogen-bond acceptors (Lipinski definition) is 3. The van der Waals surface area contributed by atoms with Crippen LogP contribution in [0.4, 0.5) is 0 Å². The maximum Gasteiger partial charge on any atom is 0.261 e. The van der Waals surface area contributed by atoms with Crippen LogP contribution in [0, 0.1) is 0 Å². The SMILES string of the molecule is CC(C)c1ccc(OCC(=O)N(Cc2ccc(Br)cc2)[C@@H](Cc2ccccc2)C(=O)NC(C)(C)C)c(Br)c1. The summed E-state index contributed by atoms with van der Waals surface area (Å²) in [5.74, 6) is 0.501. The van der Waals surface area contributed by atoms with Gasteiger partial charge >= 0.3 is 0 Å². The number of carbonyl (C=O) groups excluding carboxylic acids is 2. The lowest BCUT2D eigenvalue weighted by Crippen LogP contribution is -2.55. The fourth-order valence-electron chi connectivity index (χ4n) is 4.01. The first kappa shape index (κ1) is 29.9. The Kier molecular flexibility index (Phi) is 10.6. The van der Waals surface area contributed by atoms with Gasteiger partial charge in [0, 0.05) is 23.0 Å². The van der Waals surface area contributed by atoms with Crippen molar-refractivity contribution in [2.75, 3.05) is 6.61 Å². The number of nitrogens with one attached hydrogen (secondary N) is 1. The van der Waals surface area contributed by atoms with Gasteiger partial charge in [-0.25, -0.2) is 0 Å². The molecule has 3 aromatic rings. The van der Waals surface area contributed by atoms with Crippen molar-refractivity contribution in [3.63, 3.8) is 0 Å². The molecular weight excluding hydrogens is 608 g/mol. The van der Waals surface area contributed by atoms with E-state index in [4.69, 9.17) is 4.74 Å². The van der Waals surface area contributed by atoms with Crippen molar-refractivity contribution in [2.24, 2.45) is 0 Å². The number of rotatable bonds is 10.